The third kappa shape index (κ3) is 4.43. The van der Waals surface area contributed by atoms with Gasteiger partial charge in [-0.1, -0.05) is 12.1 Å². The Kier molecular flexibility index (Phi) is 5.60. The average Bonchev–Trinajstić information content (AvgIpc) is 3.24. The third-order valence-electron chi connectivity index (χ3n) is 4.87. The maximum Gasteiger partial charge on any atom is 0.205 e. The zero-order valence-corrected chi connectivity index (χ0v) is 16.2. The van der Waals surface area contributed by atoms with Gasteiger partial charge in [0, 0.05) is 62.2 Å². The van der Waals surface area contributed by atoms with E-state index in [0.29, 0.717) is 0 Å². The molecule has 4 rings (SSSR count). The summed E-state index contributed by atoms with van der Waals surface area (Å²) in [5.41, 5.74) is 2.37. The van der Waals surface area contributed by atoms with Gasteiger partial charge in [-0.05, 0) is 36.2 Å². The van der Waals surface area contributed by atoms with Crippen LogP contribution in [0.25, 0.3) is 11.4 Å². The van der Waals surface area contributed by atoms with Crippen molar-refractivity contribution >= 4 is 16.7 Å². The summed E-state index contributed by atoms with van der Waals surface area (Å²) in [6.07, 6.45) is 4.62. The second-order valence-electron chi connectivity index (χ2n) is 6.56. The Balaban J connectivity index is 1.28. The smallest absolute Gasteiger partial charge is 0.205 e. The van der Waals surface area contributed by atoms with Crippen LogP contribution in [0.4, 0.5) is 5.13 Å². The fourth-order valence-electron chi connectivity index (χ4n) is 3.20. The van der Waals surface area contributed by atoms with E-state index in [9.17, 15) is 0 Å². The van der Waals surface area contributed by atoms with Crippen molar-refractivity contribution in [1.82, 2.24) is 19.2 Å². The molecule has 1 fully saturated rings. The summed E-state index contributed by atoms with van der Waals surface area (Å²) in [5.74, 6) is 1.70. The van der Waals surface area contributed by atoms with E-state index in [4.69, 9.17) is 9.72 Å². The van der Waals surface area contributed by atoms with Gasteiger partial charge in [-0.3, -0.25) is 9.88 Å². The lowest BCUT2D eigenvalue weighted by molar-refractivity contribution is 0.261. The van der Waals surface area contributed by atoms with Crippen molar-refractivity contribution in [2.45, 2.75) is 6.42 Å². The summed E-state index contributed by atoms with van der Waals surface area (Å²) in [7, 11) is 1.70. The number of ether oxygens (including phenoxy) is 1. The molecule has 0 aliphatic carbocycles. The molecule has 1 saturated heterocycles. The van der Waals surface area contributed by atoms with Crippen molar-refractivity contribution in [3.05, 3.63) is 54.4 Å². The van der Waals surface area contributed by atoms with Gasteiger partial charge in [-0.15, -0.1) is 0 Å². The van der Waals surface area contributed by atoms with Gasteiger partial charge in [0.25, 0.3) is 0 Å². The van der Waals surface area contributed by atoms with Gasteiger partial charge < -0.3 is 9.64 Å². The first-order chi connectivity index (χ1) is 13.3. The van der Waals surface area contributed by atoms with Gasteiger partial charge in [-0.25, -0.2) is 0 Å². The molecule has 0 N–H and O–H groups in total. The van der Waals surface area contributed by atoms with Crippen LogP contribution < -0.4 is 9.64 Å². The molecule has 0 atom stereocenters. The Morgan fingerprint density at radius 3 is 2.44 bits per heavy atom. The Morgan fingerprint density at radius 2 is 1.74 bits per heavy atom. The molecule has 0 bridgehead atoms. The van der Waals surface area contributed by atoms with Crippen LogP contribution in [0.15, 0.2) is 48.8 Å². The molecule has 0 unspecified atom stereocenters. The fraction of sp³-hybridized carbons (Fsp3) is 0.350. The lowest BCUT2D eigenvalue weighted by Gasteiger charge is -2.34. The van der Waals surface area contributed by atoms with Gasteiger partial charge in [0.15, 0.2) is 5.82 Å². The minimum absolute atomic E-state index is 0.791. The maximum atomic E-state index is 5.22. The van der Waals surface area contributed by atoms with Crippen molar-refractivity contribution in [3.63, 3.8) is 0 Å². The first-order valence-electron chi connectivity index (χ1n) is 9.16. The molecular weight excluding hydrogens is 358 g/mol. The first kappa shape index (κ1) is 17.9. The summed E-state index contributed by atoms with van der Waals surface area (Å²) in [5, 5.41) is 1.01. The minimum atomic E-state index is 0.791. The number of hydrogen-bond donors (Lipinski definition) is 0. The lowest BCUT2D eigenvalue weighted by atomic mass is 10.1. The molecule has 1 aliphatic rings. The van der Waals surface area contributed by atoms with E-state index >= 15 is 0 Å². The van der Waals surface area contributed by atoms with Gasteiger partial charge in [0.05, 0.1) is 7.11 Å². The molecule has 6 nitrogen and oxygen atoms in total. The van der Waals surface area contributed by atoms with Crippen LogP contribution in [-0.4, -0.2) is 59.1 Å². The molecule has 0 amide bonds. The number of rotatable bonds is 6. The Bertz CT molecular complexity index is 844. The third-order valence-corrected chi connectivity index (χ3v) is 5.65. The summed E-state index contributed by atoms with van der Waals surface area (Å²) in [4.78, 5) is 13.6. The average molecular weight is 382 g/mol. The minimum Gasteiger partial charge on any atom is -0.497 e. The summed E-state index contributed by atoms with van der Waals surface area (Å²) in [6, 6.07) is 12.3. The number of aromatic nitrogens is 3. The van der Waals surface area contributed by atoms with E-state index in [0.717, 1.165) is 61.4 Å². The fourth-order valence-corrected chi connectivity index (χ4v) is 3.94. The Hall–Kier alpha value is -2.51. The number of piperazine rings is 1. The van der Waals surface area contributed by atoms with Crippen molar-refractivity contribution in [2.24, 2.45) is 0 Å². The normalized spacial score (nSPS) is 15.1. The van der Waals surface area contributed by atoms with E-state index in [1.54, 1.807) is 19.5 Å². The predicted molar refractivity (Wildman–Crippen MR) is 108 cm³/mol. The van der Waals surface area contributed by atoms with Crippen molar-refractivity contribution < 1.29 is 4.74 Å². The van der Waals surface area contributed by atoms with E-state index in [1.165, 1.54) is 17.1 Å². The number of hydrogen-bond acceptors (Lipinski definition) is 7. The van der Waals surface area contributed by atoms with Crippen molar-refractivity contribution in [1.29, 1.82) is 0 Å². The molecule has 7 heteroatoms. The van der Waals surface area contributed by atoms with E-state index in [1.807, 2.05) is 24.3 Å². The van der Waals surface area contributed by atoms with Gasteiger partial charge in [0.2, 0.25) is 5.13 Å². The zero-order chi connectivity index (χ0) is 18.5. The predicted octanol–water partition coefficient (Wildman–Crippen LogP) is 2.97. The molecule has 2 aromatic heterocycles. The maximum absolute atomic E-state index is 5.22. The lowest BCUT2D eigenvalue weighted by Crippen LogP contribution is -2.47. The number of pyridine rings is 1. The molecule has 0 radical (unpaired) electrons. The van der Waals surface area contributed by atoms with Crippen molar-refractivity contribution in [3.8, 4) is 17.1 Å². The molecule has 3 heterocycles. The monoisotopic (exact) mass is 381 g/mol. The highest BCUT2D eigenvalue weighted by Gasteiger charge is 2.20. The van der Waals surface area contributed by atoms with Crippen LogP contribution in [0.5, 0.6) is 5.75 Å². The van der Waals surface area contributed by atoms with Crippen LogP contribution in [0.1, 0.15) is 5.56 Å². The quantitative estimate of drug-likeness (QED) is 0.654. The molecule has 1 aliphatic heterocycles. The molecular formula is C20H23N5OS. The van der Waals surface area contributed by atoms with Crippen LogP contribution in [-0.2, 0) is 6.42 Å². The highest BCUT2D eigenvalue weighted by atomic mass is 32.1. The molecule has 140 valence electrons. The van der Waals surface area contributed by atoms with Gasteiger partial charge in [-0.2, -0.15) is 9.36 Å². The van der Waals surface area contributed by atoms with Crippen LogP contribution >= 0.6 is 11.5 Å². The molecule has 27 heavy (non-hydrogen) atoms. The SMILES string of the molecule is COc1ccc(CCN2CCN(c3nc(-c4ccncc4)ns3)CC2)cc1. The number of benzene rings is 1. The van der Waals surface area contributed by atoms with Crippen LogP contribution in [0.3, 0.4) is 0 Å². The van der Waals surface area contributed by atoms with Crippen LogP contribution in [0, 0.1) is 0 Å². The Morgan fingerprint density at radius 1 is 1.00 bits per heavy atom. The number of nitrogens with zero attached hydrogens (tertiary/aromatic N) is 5. The molecule has 3 aromatic rings. The standard InChI is InChI=1S/C20H23N5OS/c1-26-18-4-2-16(3-5-18)8-11-24-12-14-25(15-13-24)20-22-19(23-27-20)17-6-9-21-10-7-17/h2-7,9-10H,8,11-15H2,1H3. The number of methoxy groups -OCH3 is 1. The second kappa shape index (κ2) is 8.45. The van der Waals surface area contributed by atoms with Crippen LogP contribution in [0.2, 0.25) is 0 Å². The zero-order valence-electron chi connectivity index (χ0n) is 15.4. The highest BCUT2D eigenvalue weighted by Crippen LogP contribution is 2.24. The second-order valence-corrected chi connectivity index (χ2v) is 7.29. The van der Waals surface area contributed by atoms with Gasteiger partial charge in [0.1, 0.15) is 5.75 Å². The first-order valence-corrected chi connectivity index (χ1v) is 9.93. The Labute approximate surface area is 163 Å². The van der Waals surface area contributed by atoms with Crippen molar-refractivity contribution in [2.75, 3.05) is 44.7 Å². The van der Waals surface area contributed by atoms with E-state index in [-0.39, 0.29) is 0 Å². The molecule has 0 saturated carbocycles. The van der Waals surface area contributed by atoms with E-state index in [2.05, 4.69) is 31.3 Å². The van der Waals surface area contributed by atoms with Gasteiger partial charge >= 0.3 is 0 Å². The largest absolute Gasteiger partial charge is 0.497 e. The van der Waals surface area contributed by atoms with E-state index < -0.39 is 0 Å². The number of anilines is 1. The highest BCUT2D eigenvalue weighted by molar-refractivity contribution is 7.09. The molecule has 1 aromatic carbocycles. The summed E-state index contributed by atoms with van der Waals surface area (Å²) < 4.78 is 9.73. The topological polar surface area (TPSA) is 54.4 Å². The summed E-state index contributed by atoms with van der Waals surface area (Å²) >= 11 is 1.48. The summed E-state index contributed by atoms with van der Waals surface area (Å²) in [6.45, 7) is 5.18. The molecule has 0 spiro atoms.